The number of nitrogens with zero attached hydrogens (tertiary/aromatic N) is 3. The highest BCUT2D eigenvalue weighted by molar-refractivity contribution is 6.07. The molecule has 2 bridgehead atoms. The SMILES string of the molecule is O=C1N[C@@]2(CN3CCC2CC3)C(=O)N1CN(Cc1ccccc1)c1ccccc1. The molecule has 0 radical (unpaired) electrons. The number of hydrogen-bond acceptors (Lipinski definition) is 4. The second-order valence-corrected chi connectivity index (χ2v) is 8.35. The third kappa shape index (κ3) is 3.17. The van der Waals surface area contributed by atoms with Gasteiger partial charge in [-0.3, -0.25) is 4.79 Å². The van der Waals surface area contributed by atoms with Crippen LogP contribution in [0.15, 0.2) is 60.7 Å². The van der Waals surface area contributed by atoms with Crippen molar-refractivity contribution in [2.24, 2.45) is 5.92 Å². The van der Waals surface area contributed by atoms with Crippen molar-refractivity contribution in [3.05, 3.63) is 66.2 Å². The summed E-state index contributed by atoms with van der Waals surface area (Å²) in [5.41, 5.74) is 1.40. The summed E-state index contributed by atoms with van der Waals surface area (Å²) in [6, 6.07) is 19.8. The highest BCUT2D eigenvalue weighted by Crippen LogP contribution is 2.39. The van der Waals surface area contributed by atoms with Gasteiger partial charge in [-0.1, -0.05) is 48.5 Å². The first kappa shape index (κ1) is 18.2. The number of rotatable bonds is 5. The molecule has 29 heavy (non-hydrogen) atoms. The van der Waals surface area contributed by atoms with Gasteiger partial charge in [0, 0.05) is 18.8 Å². The Morgan fingerprint density at radius 2 is 1.62 bits per heavy atom. The van der Waals surface area contributed by atoms with Crippen LogP contribution in [-0.4, -0.2) is 53.6 Å². The Balaban J connectivity index is 1.41. The first-order chi connectivity index (χ1) is 14.2. The van der Waals surface area contributed by atoms with E-state index in [4.69, 9.17) is 0 Å². The third-order valence-corrected chi connectivity index (χ3v) is 6.61. The zero-order valence-corrected chi connectivity index (χ0v) is 16.5. The molecule has 6 nitrogen and oxygen atoms in total. The van der Waals surface area contributed by atoms with Crippen LogP contribution in [0, 0.1) is 5.92 Å². The van der Waals surface area contributed by atoms with Crippen LogP contribution >= 0.6 is 0 Å². The Morgan fingerprint density at radius 3 is 2.24 bits per heavy atom. The number of para-hydroxylation sites is 1. The average Bonchev–Trinajstić information content (AvgIpc) is 2.99. The van der Waals surface area contributed by atoms with Crippen LogP contribution < -0.4 is 10.2 Å². The van der Waals surface area contributed by atoms with Gasteiger partial charge in [0.15, 0.2) is 0 Å². The Hall–Kier alpha value is -2.86. The van der Waals surface area contributed by atoms with Gasteiger partial charge in [0.2, 0.25) is 0 Å². The number of carbonyl (C=O) groups excluding carboxylic acids is 2. The van der Waals surface area contributed by atoms with Crippen LogP contribution in [-0.2, 0) is 11.3 Å². The molecule has 6 rings (SSSR count). The van der Waals surface area contributed by atoms with Crippen molar-refractivity contribution in [2.75, 3.05) is 31.2 Å². The molecule has 4 fully saturated rings. The van der Waals surface area contributed by atoms with Crippen LogP contribution in [0.1, 0.15) is 18.4 Å². The normalized spacial score (nSPS) is 28.1. The fourth-order valence-corrected chi connectivity index (χ4v) is 5.06. The first-order valence-corrected chi connectivity index (χ1v) is 10.4. The summed E-state index contributed by atoms with van der Waals surface area (Å²) in [7, 11) is 0. The van der Waals surface area contributed by atoms with Crippen molar-refractivity contribution in [3.63, 3.8) is 0 Å². The molecule has 4 aliphatic heterocycles. The Bertz CT molecular complexity index is 896. The molecular weight excluding hydrogens is 364 g/mol. The molecular formula is C23H26N4O2. The van der Waals surface area contributed by atoms with Crippen LogP contribution in [0.4, 0.5) is 10.5 Å². The monoisotopic (exact) mass is 390 g/mol. The van der Waals surface area contributed by atoms with Crippen molar-refractivity contribution in [1.29, 1.82) is 0 Å². The lowest BCUT2D eigenvalue weighted by Crippen LogP contribution is -2.67. The minimum absolute atomic E-state index is 0.0640. The van der Waals surface area contributed by atoms with Crippen molar-refractivity contribution in [1.82, 2.24) is 15.1 Å². The lowest BCUT2D eigenvalue weighted by Gasteiger charge is -2.49. The number of imide groups is 1. The van der Waals surface area contributed by atoms with E-state index in [0.717, 1.165) is 37.2 Å². The predicted octanol–water partition coefficient (Wildman–Crippen LogP) is 2.67. The largest absolute Gasteiger partial charge is 0.349 e. The molecule has 1 spiro atoms. The molecule has 6 heteroatoms. The van der Waals surface area contributed by atoms with Gasteiger partial charge in [-0.05, 0) is 49.5 Å². The van der Waals surface area contributed by atoms with E-state index in [9.17, 15) is 9.59 Å². The summed E-state index contributed by atoms with van der Waals surface area (Å²) in [5.74, 6) is 0.180. The van der Waals surface area contributed by atoms with Crippen molar-refractivity contribution >= 4 is 17.6 Å². The van der Waals surface area contributed by atoms with Crippen molar-refractivity contribution in [2.45, 2.75) is 24.9 Å². The van der Waals surface area contributed by atoms with E-state index in [1.54, 1.807) is 0 Å². The van der Waals surface area contributed by atoms with E-state index >= 15 is 0 Å². The van der Waals surface area contributed by atoms with Crippen molar-refractivity contribution < 1.29 is 9.59 Å². The number of urea groups is 1. The number of anilines is 1. The fourth-order valence-electron chi connectivity index (χ4n) is 5.06. The van der Waals surface area contributed by atoms with Gasteiger partial charge in [0.05, 0.1) is 0 Å². The Morgan fingerprint density at radius 1 is 0.966 bits per heavy atom. The van der Waals surface area contributed by atoms with E-state index in [1.165, 1.54) is 4.90 Å². The number of benzene rings is 2. The molecule has 2 aromatic rings. The summed E-state index contributed by atoms with van der Waals surface area (Å²) in [6.45, 7) is 3.57. The maximum absolute atomic E-state index is 13.5. The lowest BCUT2D eigenvalue weighted by atomic mass is 9.73. The number of amides is 3. The number of carbonyl (C=O) groups is 2. The number of piperidine rings is 3. The van der Waals surface area contributed by atoms with E-state index in [0.29, 0.717) is 13.1 Å². The third-order valence-electron chi connectivity index (χ3n) is 6.61. The first-order valence-electron chi connectivity index (χ1n) is 10.4. The van der Waals surface area contributed by atoms with Gasteiger partial charge in [-0.15, -0.1) is 0 Å². The molecule has 0 aliphatic carbocycles. The predicted molar refractivity (Wildman–Crippen MR) is 111 cm³/mol. The van der Waals surface area contributed by atoms with E-state index < -0.39 is 5.54 Å². The van der Waals surface area contributed by atoms with Gasteiger partial charge < -0.3 is 15.1 Å². The average molecular weight is 390 g/mol. The molecule has 4 heterocycles. The minimum atomic E-state index is -0.733. The zero-order valence-electron chi connectivity index (χ0n) is 16.5. The van der Waals surface area contributed by atoms with E-state index in [1.807, 2.05) is 48.5 Å². The molecule has 2 aromatic carbocycles. The maximum atomic E-state index is 13.5. The molecule has 150 valence electrons. The van der Waals surface area contributed by atoms with Crippen LogP contribution in [0.5, 0.6) is 0 Å². The number of hydrogen-bond donors (Lipinski definition) is 1. The van der Waals surface area contributed by atoms with Crippen LogP contribution in [0.25, 0.3) is 0 Å². The smallest absolute Gasteiger partial charge is 0.326 e. The Kier molecular flexibility index (Phi) is 4.51. The number of nitrogens with one attached hydrogen (secondary N) is 1. The fraction of sp³-hybridized carbons (Fsp3) is 0.391. The van der Waals surface area contributed by atoms with Gasteiger partial charge in [0.1, 0.15) is 12.2 Å². The van der Waals surface area contributed by atoms with Crippen molar-refractivity contribution in [3.8, 4) is 0 Å². The standard InChI is InChI=1S/C23H26N4O2/c28-21-23(16-25-13-11-19(23)12-14-25)24-22(29)27(21)17-26(20-9-5-2-6-10-20)15-18-7-3-1-4-8-18/h1-10,19H,11-17H2,(H,24,29)/t23-/m1/s1. The van der Waals surface area contributed by atoms with Gasteiger partial charge in [-0.25, -0.2) is 9.69 Å². The summed E-state index contributed by atoms with van der Waals surface area (Å²) >= 11 is 0. The molecule has 0 aromatic heterocycles. The lowest BCUT2D eigenvalue weighted by molar-refractivity contribution is -0.138. The van der Waals surface area contributed by atoms with Crippen LogP contribution in [0.2, 0.25) is 0 Å². The van der Waals surface area contributed by atoms with E-state index in [-0.39, 0.29) is 24.5 Å². The number of fused-ring (bicyclic) bond motifs is 2. The molecule has 0 saturated carbocycles. The molecule has 1 atom stereocenters. The van der Waals surface area contributed by atoms with E-state index in [2.05, 4.69) is 27.2 Å². The molecule has 0 unspecified atom stereocenters. The van der Waals surface area contributed by atoms with Gasteiger partial charge >= 0.3 is 6.03 Å². The molecule has 4 saturated heterocycles. The second-order valence-electron chi connectivity index (χ2n) is 8.35. The zero-order chi connectivity index (χ0) is 19.8. The van der Waals surface area contributed by atoms with Crippen LogP contribution in [0.3, 0.4) is 0 Å². The highest BCUT2D eigenvalue weighted by atomic mass is 16.2. The van der Waals surface area contributed by atoms with Gasteiger partial charge in [0.25, 0.3) is 5.91 Å². The molecule has 1 N–H and O–H groups in total. The summed E-state index contributed by atoms with van der Waals surface area (Å²) in [4.78, 5) is 32.2. The molecule has 3 amide bonds. The quantitative estimate of drug-likeness (QED) is 0.798. The highest BCUT2D eigenvalue weighted by Gasteiger charge is 2.59. The minimum Gasteiger partial charge on any atom is -0.349 e. The summed E-state index contributed by atoms with van der Waals surface area (Å²) in [5, 5.41) is 3.09. The molecule has 4 aliphatic rings. The van der Waals surface area contributed by atoms with Gasteiger partial charge in [-0.2, -0.15) is 0 Å². The summed E-state index contributed by atoms with van der Waals surface area (Å²) < 4.78 is 0. The summed E-state index contributed by atoms with van der Waals surface area (Å²) in [6.07, 6.45) is 1.96. The maximum Gasteiger partial charge on any atom is 0.326 e. The topological polar surface area (TPSA) is 55.9 Å². The second kappa shape index (κ2) is 7.19. The Labute approximate surface area is 171 Å².